The molecule has 4 aromatic carbocycles. The van der Waals surface area contributed by atoms with Crippen molar-refractivity contribution in [1.29, 1.82) is 0 Å². The molecule has 1 saturated heterocycles. The fraction of sp³-hybridized carbons (Fsp3) is 0.378. The number of aromatic amines is 1. The Bertz CT molecular complexity index is 1940. The Balaban J connectivity index is 0.797. The van der Waals surface area contributed by atoms with Crippen LogP contribution in [0.2, 0.25) is 0 Å². The monoisotopic (exact) mass is 730 g/mol. The predicted octanol–water partition coefficient (Wildman–Crippen LogP) is 8.84. The van der Waals surface area contributed by atoms with Gasteiger partial charge in [-0.25, -0.2) is 4.79 Å². The van der Waals surface area contributed by atoms with Gasteiger partial charge in [0.05, 0.1) is 17.3 Å². The van der Waals surface area contributed by atoms with Crippen molar-refractivity contribution in [3.8, 4) is 16.9 Å². The number of aliphatic hydroxyl groups excluding tert-OH is 1. The largest absolute Gasteiger partial charge is 0.487 e. The number of aromatic nitrogens is 1. The van der Waals surface area contributed by atoms with Crippen LogP contribution in [-0.4, -0.2) is 59.9 Å². The number of amides is 1. The third-order valence-corrected chi connectivity index (χ3v) is 10.2. The van der Waals surface area contributed by atoms with Crippen molar-refractivity contribution >= 4 is 22.7 Å². The highest BCUT2D eigenvalue weighted by Crippen LogP contribution is 2.31. The maximum atomic E-state index is 12.7. The molecule has 1 fully saturated rings. The second-order valence-corrected chi connectivity index (χ2v) is 14.2. The first kappa shape index (κ1) is 38.8. The number of carbonyl (C=O) groups excluding carboxylic acids is 1. The lowest BCUT2D eigenvalue weighted by Crippen LogP contribution is -2.38. The van der Waals surface area contributed by atoms with Crippen LogP contribution in [0.5, 0.6) is 5.75 Å². The molecular weight excluding hydrogens is 677 g/mol. The van der Waals surface area contributed by atoms with E-state index in [1.54, 1.807) is 6.07 Å². The zero-order valence-electron chi connectivity index (χ0n) is 31.2. The summed E-state index contributed by atoms with van der Waals surface area (Å²) < 4.78 is 11.9. The molecule has 284 valence electrons. The first-order chi connectivity index (χ1) is 26.5. The highest BCUT2D eigenvalue weighted by Gasteiger charge is 2.22. The lowest BCUT2D eigenvalue weighted by molar-refractivity contribution is 0.0584. The number of hydrogen-bond acceptors (Lipinski definition) is 7. The molecule has 0 saturated carbocycles. The average molecular weight is 731 g/mol. The summed E-state index contributed by atoms with van der Waals surface area (Å²) in [5, 5.41) is 18.2. The fourth-order valence-corrected chi connectivity index (χ4v) is 7.22. The molecule has 0 radical (unpaired) electrons. The summed E-state index contributed by atoms with van der Waals surface area (Å²) in [6.45, 7) is 4.71. The summed E-state index contributed by atoms with van der Waals surface area (Å²) in [5.74, 6) is 0.589. The van der Waals surface area contributed by atoms with E-state index < -0.39 is 6.10 Å². The minimum Gasteiger partial charge on any atom is -0.487 e. The number of carbonyl (C=O) groups is 1. The highest BCUT2D eigenvalue weighted by molar-refractivity contribution is 5.91. The Labute approximate surface area is 318 Å². The van der Waals surface area contributed by atoms with Gasteiger partial charge in [0.1, 0.15) is 18.5 Å². The molecule has 1 aliphatic heterocycles. The van der Waals surface area contributed by atoms with Gasteiger partial charge in [-0.15, -0.1) is 0 Å². The van der Waals surface area contributed by atoms with Crippen LogP contribution in [0.1, 0.15) is 75.0 Å². The number of likely N-dealkylation sites (tertiary alicyclic amines) is 1. The third-order valence-electron chi connectivity index (χ3n) is 10.2. The van der Waals surface area contributed by atoms with Crippen LogP contribution in [0, 0.1) is 0 Å². The smallest absolute Gasteiger partial charge is 0.411 e. The first-order valence-corrected chi connectivity index (χ1v) is 19.6. The van der Waals surface area contributed by atoms with Gasteiger partial charge >= 0.3 is 6.09 Å². The molecule has 9 heteroatoms. The number of para-hydroxylation sites is 1. The molecule has 9 nitrogen and oxygen atoms in total. The molecule has 2 heterocycles. The Morgan fingerprint density at radius 3 is 2.26 bits per heavy atom. The van der Waals surface area contributed by atoms with Gasteiger partial charge in [-0.2, -0.15) is 0 Å². The second-order valence-electron chi connectivity index (χ2n) is 14.2. The molecule has 6 rings (SSSR count). The Morgan fingerprint density at radius 2 is 1.48 bits per heavy atom. The number of unbranched alkanes of at least 4 members (excludes halogenated alkanes) is 6. The van der Waals surface area contributed by atoms with E-state index in [9.17, 15) is 14.7 Å². The lowest BCUT2D eigenvalue weighted by atomic mass is 10.0. The van der Waals surface area contributed by atoms with E-state index in [-0.39, 0.29) is 17.8 Å². The molecule has 0 bridgehead atoms. The van der Waals surface area contributed by atoms with Gasteiger partial charge in [-0.3, -0.25) is 10.1 Å². The number of aliphatic hydroxyl groups is 1. The van der Waals surface area contributed by atoms with Crippen molar-refractivity contribution in [3.05, 3.63) is 131 Å². The van der Waals surface area contributed by atoms with Crippen molar-refractivity contribution in [2.24, 2.45) is 0 Å². The quantitative estimate of drug-likeness (QED) is 0.0628. The number of anilines is 1. The Morgan fingerprint density at radius 1 is 0.796 bits per heavy atom. The predicted molar refractivity (Wildman–Crippen MR) is 217 cm³/mol. The van der Waals surface area contributed by atoms with Crippen LogP contribution < -0.4 is 20.9 Å². The van der Waals surface area contributed by atoms with Crippen LogP contribution in [0.15, 0.2) is 114 Å². The number of hydrogen-bond donors (Lipinski definition) is 4. The molecule has 1 aromatic heterocycles. The molecule has 0 spiro atoms. The van der Waals surface area contributed by atoms with E-state index in [1.807, 2.05) is 97.1 Å². The highest BCUT2D eigenvalue weighted by atomic mass is 16.6. The number of piperidine rings is 1. The number of nitrogens with zero attached hydrogens (tertiary/aromatic N) is 1. The maximum Gasteiger partial charge on any atom is 0.411 e. The summed E-state index contributed by atoms with van der Waals surface area (Å²) >= 11 is 0. The molecule has 0 aliphatic carbocycles. The number of nitrogens with one attached hydrogen (secondary N) is 3. The molecular formula is C45H54N4O5. The van der Waals surface area contributed by atoms with Crippen molar-refractivity contribution in [1.82, 2.24) is 15.2 Å². The van der Waals surface area contributed by atoms with E-state index in [2.05, 4.69) is 20.5 Å². The SMILES string of the molecule is O=C(Nc1ccccc1-c1ccccc1)OC1CCN(CCCCCCCCCNC[C@H](O)c2ccc(OCc3ccccc3)c3[nH]c(=O)ccc23)CC1. The molecule has 54 heavy (non-hydrogen) atoms. The zero-order valence-corrected chi connectivity index (χ0v) is 31.2. The fourth-order valence-electron chi connectivity index (χ4n) is 7.22. The van der Waals surface area contributed by atoms with Crippen LogP contribution in [-0.2, 0) is 11.3 Å². The van der Waals surface area contributed by atoms with Crippen LogP contribution in [0.4, 0.5) is 10.5 Å². The van der Waals surface area contributed by atoms with Crippen LogP contribution >= 0.6 is 0 Å². The number of rotatable bonds is 19. The summed E-state index contributed by atoms with van der Waals surface area (Å²) in [4.78, 5) is 30.3. The Hall–Kier alpha value is -4.96. The van der Waals surface area contributed by atoms with Crippen LogP contribution in [0.25, 0.3) is 22.0 Å². The van der Waals surface area contributed by atoms with Gasteiger partial charge in [0.25, 0.3) is 0 Å². The summed E-state index contributed by atoms with van der Waals surface area (Å²) in [6.07, 6.45) is 8.98. The summed E-state index contributed by atoms with van der Waals surface area (Å²) in [6, 6.07) is 34.7. The zero-order chi connectivity index (χ0) is 37.4. The first-order valence-electron chi connectivity index (χ1n) is 19.6. The number of ether oxygens (including phenoxy) is 2. The molecule has 1 amide bonds. The van der Waals surface area contributed by atoms with E-state index >= 15 is 0 Å². The van der Waals surface area contributed by atoms with E-state index in [1.165, 1.54) is 44.6 Å². The van der Waals surface area contributed by atoms with Gasteiger partial charge in [0.2, 0.25) is 5.56 Å². The number of pyridine rings is 1. The molecule has 1 aliphatic rings. The van der Waals surface area contributed by atoms with Gasteiger partial charge in [-0.05, 0) is 73.7 Å². The molecule has 5 aromatic rings. The number of benzene rings is 4. The number of fused-ring (bicyclic) bond motifs is 1. The lowest BCUT2D eigenvalue weighted by Gasteiger charge is -2.31. The van der Waals surface area contributed by atoms with Crippen molar-refractivity contribution in [2.45, 2.75) is 76.6 Å². The standard InChI is InChI=1S/C45H54N4O5/c50-41(38-22-24-42(44-39(38)23-25-43(51)48-44)53-33-34-16-8-6-9-17-34)32-46-28-14-4-2-1-3-5-15-29-49-30-26-36(27-31-49)54-45(52)47-40-21-13-12-20-37(40)35-18-10-7-11-19-35/h6-13,16-25,36,41,46,50H,1-5,14-15,26-33H2,(H,47,52)(H,48,51)/t41-/m0/s1. The topological polar surface area (TPSA) is 116 Å². The van der Waals surface area contributed by atoms with Crippen molar-refractivity contribution < 1.29 is 19.4 Å². The second kappa shape index (κ2) is 20.5. The number of H-pyrrole nitrogens is 1. The molecule has 1 atom stereocenters. The van der Waals surface area contributed by atoms with Crippen LogP contribution in [0.3, 0.4) is 0 Å². The summed E-state index contributed by atoms with van der Waals surface area (Å²) in [7, 11) is 0. The van der Waals surface area contributed by atoms with E-state index in [4.69, 9.17) is 9.47 Å². The minimum atomic E-state index is -0.701. The van der Waals surface area contributed by atoms with Gasteiger partial charge < -0.3 is 29.8 Å². The average Bonchev–Trinajstić information content (AvgIpc) is 3.20. The van der Waals surface area contributed by atoms with E-state index in [0.717, 1.165) is 78.8 Å². The molecule has 4 N–H and O–H groups in total. The Kier molecular flexibility index (Phi) is 14.7. The normalized spacial score (nSPS) is 14.2. The molecule has 0 unspecified atom stereocenters. The van der Waals surface area contributed by atoms with Crippen molar-refractivity contribution in [2.75, 3.05) is 38.0 Å². The van der Waals surface area contributed by atoms with E-state index in [0.29, 0.717) is 24.4 Å². The van der Waals surface area contributed by atoms with Gasteiger partial charge in [0.15, 0.2) is 0 Å². The van der Waals surface area contributed by atoms with Crippen molar-refractivity contribution in [3.63, 3.8) is 0 Å². The van der Waals surface area contributed by atoms with Gasteiger partial charge in [-0.1, -0.05) is 117 Å². The van der Waals surface area contributed by atoms with Gasteiger partial charge in [0, 0.05) is 36.7 Å². The summed E-state index contributed by atoms with van der Waals surface area (Å²) in [5.41, 5.74) is 5.01. The minimum absolute atomic E-state index is 0.0494. The maximum absolute atomic E-state index is 12.7. The third kappa shape index (κ3) is 11.5.